The van der Waals surface area contributed by atoms with Crippen molar-refractivity contribution in [2.24, 2.45) is 0 Å². The molecule has 2 aromatic rings. The van der Waals surface area contributed by atoms with Crippen LogP contribution in [0.25, 0.3) is 0 Å². The van der Waals surface area contributed by atoms with E-state index in [0.717, 1.165) is 16.9 Å². The Labute approximate surface area is 160 Å². The third kappa shape index (κ3) is 3.85. The fraction of sp³-hybridized carbons (Fsp3) is 0.333. The van der Waals surface area contributed by atoms with E-state index in [2.05, 4.69) is 4.74 Å². The maximum atomic E-state index is 12.5. The van der Waals surface area contributed by atoms with Crippen molar-refractivity contribution >= 4 is 35.1 Å². The Hall–Kier alpha value is -2.09. The van der Waals surface area contributed by atoms with E-state index < -0.39 is 12.2 Å². The zero-order valence-corrected chi connectivity index (χ0v) is 15.9. The topological polar surface area (TPSA) is 65.1 Å². The molecule has 0 saturated carbocycles. The molecule has 0 spiro atoms. The molecular formula is C18H18ClNO5S. The molecule has 26 heavy (non-hydrogen) atoms. The number of rotatable bonds is 4. The van der Waals surface area contributed by atoms with Crippen LogP contribution in [0, 0.1) is 0 Å². The van der Waals surface area contributed by atoms with E-state index in [-0.39, 0.29) is 5.97 Å². The third-order valence-corrected chi connectivity index (χ3v) is 5.67. The van der Waals surface area contributed by atoms with Gasteiger partial charge in [0.25, 0.3) is 0 Å². The van der Waals surface area contributed by atoms with Gasteiger partial charge in [0, 0.05) is 23.0 Å². The highest BCUT2D eigenvalue weighted by Crippen LogP contribution is 2.37. The highest BCUT2D eigenvalue weighted by atomic mass is 35.5. The minimum atomic E-state index is -0.746. The Kier molecular flexibility index (Phi) is 5.80. The predicted octanol–water partition coefficient (Wildman–Crippen LogP) is 3.82. The first-order chi connectivity index (χ1) is 12.5. The fourth-order valence-electron chi connectivity index (χ4n) is 3.00. The van der Waals surface area contributed by atoms with Crippen LogP contribution in [0.5, 0.6) is 5.06 Å². The lowest BCUT2D eigenvalue weighted by molar-refractivity contribution is -0.147. The number of fused-ring (bicyclic) bond motifs is 1. The Morgan fingerprint density at radius 1 is 1.23 bits per heavy atom. The monoisotopic (exact) mass is 395 g/mol. The van der Waals surface area contributed by atoms with Gasteiger partial charge in [0.05, 0.1) is 14.2 Å². The number of methoxy groups -OCH3 is 2. The van der Waals surface area contributed by atoms with Crippen molar-refractivity contribution in [3.05, 3.63) is 51.4 Å². The van der Waals surface area contributed by atoms with Crippen molar-refractivity contribution in [2.45, 2.75) is 19.0 Å². The maximum absolute atomic E-state index is 12.5. The van der Waals surface area contributed by atoms with Gasteiger partial charge in [-0.05, 0) is 29.7 Å². The van der Waals surface area contributed by atoms with Crippen molar-refractivity contribution in [3.63, 3.8) is 0 Å². The van der Waals surface area contributed by atoms with Gasteiger partial charge in [0.2, 0.25) is 0 Å². The van der Waals surface area contributed by atoms with Gasteiger partial charge in [-0.25, -0.2) is 9.59 Å². The summed E-state index contributed by atoms with van der Waals surface area (Å²) in [7, 11) is 2.64. The summed E-state index contributed by atoms with van der Waals surface area (Å²) >= 11 is 7.73. The molecule has 0 unspecified atom stereocenters. The van der Waals surface area contributed by atoms with Gasteiger partial charge >= 0.3 is 12.1 Å². The first kappa shape index (κ1) is 18.7. The number of hydrogen-bond acceptors (Lipinski definition) is 7. The number of thiophene rings is 1. The maximum Gasteiger partial charge on any atom is 0.514 e. The molecular weight excluding hydrogens is 378 g/mol. The zero-order valence-electron chi connectivity index (χ0n) is 14.4. The summed E-state index contributed by atoms with van der Waals surface area (Å²) in [5.41, 5.74) is 1.73. The molecule has 0 radical (unpaired) electrons. The largest absolute Gasteiger partial charge is 0.514 e. The summed E-state index contributed by atoms with van der Waals surface area (Å²) in [5.74, 6) is -0.359. The minimum absolute atomic E-state index is 0.359. The van der Waals surface area contributed by atoms with Gasteiger partial charge in [-0.2, -0.15) is 0 Å². The summed E-state index contributed by atoms with van der Waals surface area (Å²) < 4.78 is 14.6. The zero-order chi connectivity index (χ0) is 18.7. The van der Waals surface area contributed by atoms with Crippen molar-refractivity contribution in [1.82, 2.24) is 4.90 Å². The summed E-state index contributed by atoms with van der Waals surface area (Å²) in [4.78, 5) is 26.9. The normalized spacial score (nSPS) is 15.0. The standard InChI is InChI=1S/C18H18ClNO5S/c1-23-17(21)16(12-5-3-4-6-13(12)19)20-8-7-14-11(10-20)9-15(26-14)25-18(22)24-2/h3-6,9,16H,7-8,10H2,1-2H3/t16-/m0/s1. The molecule has 138 valence electrons. The fourth-order valence-corrected chi connectivity index (χ4v) is 4.24. The minimum Gasteiger partial charge on any atom is -0.468 e. The van der Waals surface area contributed by atoms with Gasteiger partial charge in [0.1, 0.15) is 6.04 Å². The summed E-state index contributed by atoms with van der Waals surface area (Å²) in [6.45, 7) is 1.19. The van der Waals surface area contributed by atoms with Crippen molar-refractivity contribution in [2.75, 3.05) is 20.8 Å². The molecule has 2 heterocycles. The molecule has 3 rings (SSSR count). The third-order valence-electron chi connectivity index (χ3n) is 4.21. The molecule has 0 saturated heterocycles. The number of benzene rings is 1. The summed E-state index contributed by atoms with van der Waals surface area (Å²) in [6.07, 6.45) is -0.00776. The molecule has 8 heteroatoms. The molecule has 1 aliphatic rings. The van der Waals surface area contributed by atoms with Crippen LogP contribution in [-0.4, -0.2) is 37.8 Å². The van der Waals surface area contributed by atoms with E-state index in [4.69, 9.17) is 21.1 Å². The smallest absolute Gasteiger partial charge is 0.468 e. The van der Waals surface area contributed by atoms with E-state index in [1.54, 1.807) is 6.07 Å². The number of esters is 1. The molecule has 0 amide bonds. The summed E-state index contributed by atoms with van der Waals surface area (Å²) in [6, 6.07) is 8.48. The lowest BCUT2D eigenvalue weighted by Crippen LogP contribution is -2.38. The first-order valence-corrected chi connectivity index (χ1v) is 9.16. The number of carbonyl (C=O) groups excluding carboxylic acids is 2. The second-order valence-corrected chi connectivity index (χ2v) is 7.24. The van der Waals surface area contributed by atoms with Crippen LogP contribution < -0.4 is 4.74 Å². The Balaban J connectivity index is 1.86. The number of hydrogen-bond donors (Lipinski definition) is 0. The predicted molar refractivity (Wildman–Crippen MR) is 97.7 cm³/mol. The second kappa shape index (κ2) is 8.07. The highest BCUT2D eigenvalue weighted by molar-refractivity contribution is 7.14. The lowest BCUT2D eigenvalue weighted by atomic mass is 10.0. The van der Waals surface area contributed by atoms with Crippen LogP contribution in [0.1, 0.15) is 22.0 Å². The molecule has 0 fully saturated rings. The molecule has 0 bridgehead atoms. The van der Waals surface area contributed by atoms with Gasteiger partial charge in [-0.1, -0.05) is 29.8 Å². The van der Waals surface area contributed by atoms with Crippen LogP contribution >= 0.6 is 22.9 Å². The second-order valence-electron chi connectivity index (χ2n) is 5.74. The van der Waals surface area contributed by atoms with E-state index in [0.29, 0.717) is 28.7 Å². The molecule has 1 atom stereocenters. The quantitative estimate of drug-likeness (QED) is 0.733. The van der Waals surface area contributed by atoms with Gasteiger partial charge in [-0.3, -0.25) is 4.90 Å². The van der Waals surface area contributed by atoms with E-state index >= 15 is 0 Å². The first-order valence-electron chi connectivity index (χ1n) is 7.97. The van der Waals surface area contributed by atoms with Gasteiger partial charge in [0.15, 0.2) is 5.06 Å². The Morgan fingerprint density at radius 2 is 2.00 bits per heavy atom. The Morgan fingerprint density at radius 3 is 2.69 bits per heavy atom. The number of nitrogens with zero attached hydrogens (tertiary/aromatic N) is 1. The molecule has 1 aromatic heterocycles. The Bertz CT molecular complexity index is 822. The van der Waals surface area contributed by atoms with Crippen LogP contribution in [-0.2, 0) is 27.2 Å². The molecule has 0 N–H and O–H groups in total. The van der Waals surface area contributed by atoms with Crippen molar-refractivity contribution < 1.29 is 23.8 Å². The average molecular weight is 396 g/mol. The molecule has 6 nitrogen and oxygen atoms in total. The lowest BCUT2D eigenvalue weighted by Gasteiger charge is -2.33. The highest BCUT2D eigenvalue weighted by Gasteiger charge is 2.33. The van der Waals surface area contributed by atoms with E-state index in [1.165, 1.54) is 25.6 Å². The van der Waals surface area contributed by atoms with Crippen LogP contribution in [0.4, 0.5) is 4.79 Å². The molecule has 0 aliphatic carbocycles. The average Bonchev–Trinajstić information content (AvgIpc) is 3.04. The molecule has 1 aliphatic heterocycles. The van der Waals surface area contributed by atoms with Crippen molar-refractivity contribution in [3.8, 4) is 5.06 Å². The van der Waals surface area contributed by atoms with Gasteiger partial charge in [-0.15, -0.1) is 11.3 Å². The van der Waals surface area contributed by atoms with Gasteiger partial charge < -0.3 is 14.2 Å². The summed E-state index contributed by atoms with van der Waals surface area (Å²) in [5, 5.41) is 1.00. The van der Waals surface area contributed by atoms with Crippen LogP contribution in [0.3, 0.4) is 0 Å². The van der Waals surface area contributed by atoms with Crippen LogP contribution in [0.15, 0.2) is 30.3 Å². The SMILES string of the molecule is COC(=O)Oc1cc2c(s1)CCN([C@H](C(=O)OC)c1ccccc1Cl)C2. The number of carbonyl (C=O) groups is 2. The number of ether oxygens (including phenoxy) is 3. The number of halogens is 1. The van der Waals surface area contributed by atoms with E-state index in [1.807, 2.05) is 29.2 Å². The van der Waals surface area contributed by atoms with Crippen LogP contribution in [0.2, 0.25) is 5.02 Å². The van der Waals surface area contributed by atoms with E-state index in [9.17, 15) is 9.59 Å². The van der Waals surface area contributed by atoms with Crippen molar-refractivity contribution in [1.29, 1.82) is 0 Å². The molecule has 1 aromatic carbocycles.